The first-order valence-electron chi connectivity index (χ1n) is 5.88. The number of hydrogen-bond acceptors (Lipinski definition) is 5. The van der Waals surface area contributed by atoms with Gasteiger partial charge in [0, 0.05) is 25.4 Å². The van der Waals surface area contributed by atoms with Crippen LogP contribution < -0.4 is 5.32 Å². The van der Waals surface area contributed by atoms with Gasteiger partial charge in [0.1, 0.15) is 18.2 Å². The number of amides is 2. The molecule has 0 aliphatic carbocycles. The number of nitrogens with zero attached hydrogens (tertiary/aromatic N) is 2. The van der Waals surface area contributed by atoms with Crippen LogP contribution in [0.4, 0.5) is 4.79 Å². The Labute approximate surface area is 104 Å². The Morgan fingerprint density at radius 3 is 3.11 bits per heavy atom. The first kappa shape index (κ1) is 11.5. The first-order chi connectivity index (χ1) is 8.70. The Kier molecular flexibility index (Phi) is 2.73. The normalized spacial score (nSPS) is 34.7. The smallest absolute Gasteiger partial charge is 0.332 e. The van der Waals surface area contributed by atoms with Gasteiger partial charge in [0.15, 0.2) is 0 Å². The van der Waals surface area contributed by atoms with E-state index in [0.29, 0.717) is 13.0 Å². The fraction of sp³-hybridized carbons (Fsp3) is 0.545. The van der Waals surface area contributed by atoms with Crippen LogP contribution in [0.25, 0.3) is 0 Å². The van der Waals surface area contributed by atoms with Crippen molar-refractivity contribution < 1.29 is 19.7 Å². The lowest BCUT2D eigenvalue weighted by Crippen LogP contribution is -2.49. The van der Waals surface area contributed by atoms with Gasteiger partial charge in [0.25, 0.3) is 0 Å². The lowest BCUT2D eigenvalue weighted by molar-refractivity contribution is -0.0646. The molecule has 3 aliphatic heterocycles. The van der Waals surface area contributed by atoms with Crippen LogP contribution in [0, 0.1) is 0 Å². The zero-order valence-electron chi connectivity index (χ0n) is 9.69. The maximum Gasteiger partial charge on any atom is 0.332 e. The summed E-state index contributed by atoms with van der Waals surface area (Å²) >= 11 is 0. The minimum Gasteiger partial charge on any atom is -0.394 e. The largest absolute Gasteiger partial charge is 0.394 e. The number of urea groups is 1. The van der Waals surface area contributed by atoms with Gasteiger partial charge in [-0.25, -0.2) is 4.79 Å². The molecule has 0 aromatic carbocycles. The SMILES string of the molecule is O=C1N2C=CNC2=CCN1[C@H]1C[C@H](O)[C@@H](CO)O1. The minimum atomic E-state index is -0.731. The lowest BCUT2D eigenvalue weighted by Gasteiger charge is -2.34. The van der Waals surface area contributed by atoms with Crippen molar-refractivity contribution in [3.63, 3.8) is 0 Å². The molecule has 3 heterocycles. The van der Waals surface area contributed by atoms with E-state index >= 15 is 0 Å². The van der Waals surface area contributed by atoms with Gasteiger partial charge in [0.05, 0.1) is 12.7 Å². The Hall–Kier alpha value is -1.57. The summed E-state index contributed by atoms with van der Waals surface area (Å²) in [4.78, 5) is 15.2. The van der Waals surface area contributed by atoms with Crippen molar-refractivity contribution in [3.8, 4) is 0 Å². The molecule has 3 N–H and O–H groups in total. The molecular weight excluding hydrogens is 238 g/mol. The molecule has 98 valence electrons. The molecule has 2 amide bonds. The van der Waals surface area contributed by atoms with Gasteiger partial charge in [-0.1, -0.05) is 0 Å². The van der Waals surface area contributed by atoms with E-state index in [1.165, 1.54) is 4.90 Å². The summed E-state index contributed by atoms with van der Waals surface area (Å²) in [6.45, 7) is 0.181. The predicted molar refractivity (Wildman–Crippen MR) is 60.7 cm³/mol. The third-order valence-corrected chi connectivity index (χ3v) is 3.38. The van der Waals surface area contributed by atoms with E-state index in [0.717, 1.165) is 5.82 Å². The van der Waals surface area contributed by atoms with Crippen molar-refractivity contribution in [1.29, 1.82) is 0 Å². The van der Waals surface area contributed by atoms with E-state index in [9.17, 15) is 9.90 Å². The highest BCUT2D eigenvalue weighted by Gasteiger charge is 2.41. The van der Waals surface area contributed by atoms with E-state index in [1.54, 1.807) is 17.3 Å². The van der Waals surface area contributed by atoms with Crippen LogP contribution in [0.3, 0.4) is 0 Å². The van der Waals surface area contributed by atoms with E-state index in [2.05, 4.69) is 5.32 Å². The van der Waals surface area contributed by atoms with Crippen LogP contribution in [0.15, 0.2) is 24.3 Å². The highest BCUT2D eigenvalue weighted by atomic mass is 16.5. The molecule has 0 radical (unpaired) electrons. The fourth-order valence-corrected chi connectivity index (χ4v) is 2.38. The van der Waals surface area contributed by atoms with Crippen LogP contribution in [0.2, 0.25) is 0 Å². The number of nitrogens with one attached hydrogen (secondary N) is 1. The van der Waals surface area contributed by atoms with Gasteiger partial charge in [-0.05, 0) is 6.08 Å². The number of hydrogen-bond donors (Lipinski definition) is 3. The summed E-state index contributed by atoms with van der Waals surface area (Å²) in [7, 11) is 0. The van der Waals surface area contributed by atoms with Gasteiger partial charge in [-0.3, -0.25) is 9.80 Å². The molecule has 3 aliphatic rings. The molecule has 7 nitrogen and oxygen atoms in total. The second kappa shape index (κ2) is 4.27. The molecule has 1 saturated heterocycles. The number of carbonyl (C=O) groups excluding carboxylic acids is 1. The molecule has 0 aromatic rings. The van der Waals surface area contributed by atoms with E-state index in [-0.39, 0.29) is 12.6 Å². The van der Waals surface area contributed by atoms with Crippen molar-refractivity contribution in [1.82, 2.24) is 15.1 Å². The topological polar surface area (TPSA) is 85.3 Å². The lowest BCUT2D eigenvalue weighted by atomic mass is 10.2. The molecule has 7 heteroatoms. The zero-order valence-corrected chi connectivity index (χ0v) is 9.69. The van der Waals surface area contributed by atoms with Crippen LogP contribution in [0.1, 0.15) is 6.42 Å². The van der Waals surface area contributed by atoms with Crippen molar-refractivity contribution >= 4 is 6.03 Å². The van der Waals surface area contributed by atoms with Gasteiger partial charge < -0.3 is 20.3 Å². The summed E-state index contributed by atoms with van der Waals surface area (Å²) in [5, 5.41) is 21.7. The summed E-state index contributed by atoms with van der Waals surface area (Å²) in [5.41, 5.74) is 0. The maximum absolute atomic E-state index is 12.2. The van der Waals surface area contributed by atoms with E-state index < -0.39 is 18.4 Å². The Morgan fingerprint density at radius 1 is 1.56 bits per heavy atom. The Bertz CT molecular complexity index is 423. The van der Waals surface area contributed by atoms with Gasteiger partial charge in [0.2, 0.25) is 0 Å². The van der Waals surface area contributed by atoms with Gasteiger partial charge >= 0.3 is 6.03 Å². The average Bonchev–Trinajstić information content (AvgIpc) is 2.96. The number of fused-ring (bicyclic) bond motifs is 1. The first-order valence-corrected chi connectivity index (χ1v) is 5.88. The fourth-order valence-electron chi connectivity index (χ4n) is 2.38. The summed E-state index contributed by atoms with van der Waals surface area (Å²) in [5.74, 6) is 0.744. The minimum absolute atomic E-state index is 0.190. The monoisotopic (exact) mass is 253 g/mol. The van der Waals surface area contributed by atoms with Crippen LogP contribution >= 0.6 is 0 Å². The van der Waals surface area contributed by atoms with Crippen LogP contribution in [-0.4, -0.2) is 57.6 Å². The standard InChI is InChI=1S/C11H15N3O4/c15-6-8-7(16)5-10(18-8)14-3-1-9-12-2-4-13(9)11(14)17/h1-2,4,7-8,10,12,15-16H,3,5-6H2/t7-,8+,10+/m0/s1. The van der Waals surface area contributed by atoms with Gasteiger partial charge in [-0.2, -0.15) is 0 Å². The summed E-state index contributed by atoms with van der Waals surface area (Å²) in [6, 6.07) is -0.190. The second-order valence-corrected chi connectivity index (χ2v) is 4.47. The van der Waals surface area contributed by atoms with Crippen molar-refractivity contribution in [2.45, 2.75) is 24.9 Å². The van der Waals surface area contributed by atoms with Crippen LogP contribution in [0.5, 0.6) is 0 Å². The Balaban J connectivity index is 1.75. The van der Waals surface area contributed by atoms with E-state index in [1.807, 2.05) is 6.08 Å². The third-order valence-electron chi connectivity index (χ3n) is 3.38. The quantitative estimate of drug-likeness (QED) is 0.594. The zero-order chi connectivity index (χ0) is 12.7. The van der Waals surface area contributed by atoms with E-state index in [4.69, 9.17) is 9.84 Å². The number of ether oxygens (including phenoxy) is 1. The number of aliphatic hydroxyl groups excluding tert-OH is 2. The number of rotatable bonds is 2. The van der Waals surface area contributed by atoms with Crippen LogP contribution in [-0.2, 0) is 4.74 Å². The number of carbonyl (C=O) groups is 1. The molecule has 3 rings (SSSR count). The summed E-state index contributed by atoms with van der Waals surface area (Å²) in [6.07, 6.45) is 3.71. The molecule has 3 atom stereocenters. The average molecular weight is 253 g/mol. The highest BCUT2D eigenvalue weighted by molar-refractivity contribution is 5.79. The maximum atomic E-state index is 12.2. The predicted octanol–water partition coefficient (Wildman–Crippen LogP) is -0.892. The molecule has 0 saturated carbocycles. The van der Waals surface area contributed by atoms with Crippen molar-refractivity contribution in [2.24, 2.45) is 0 Å². The van der Waals surface area contributed by atoms with Gasteiger partial charge in [-0.15, -0.1) is 0 Å². The molecule has 0 unspecified atom stereocenters. The number of aliphatic hydroxyl groups is 2. The molecule has 0 spiro atoms. The molecule has 1 fully saturated rings. The molecular formula is C11H15N3O4. The van der Waals surface area contributed by atoms with Crippen molar-refractivity contribution in [2.75, 3.05) is 13.2 Å². The molecule has 18 heavy (non-hydrogen) atoms. The highest BCUT2D eigenvalue weighted by Crippen LogP contribution is 2.27. The molecule has 0 aromatic heterocycles. The second-order valence-electron chi connectivity index (χ2n) is 4.47. The van der Waals surface area contributed by atoms with Crippen molar-refractivity contribution in [3.05, 3.63) is 24.3 Å². The third kappa shape index (κ3) is 1.67. The Morgan fingerprint density at radius 2 is 2.39 bits per heavy atom. The molecule has 0 bridgehead atoms. The summed E-state index contributed by atoms with van der Waals surface area (Å²) < 4.78 is 5.49.